The fourth-order valence-electron chi connectivity index (χ4n) is 2.22. The molecular weight excluding hydrogens is 244 g/mol. The highest BCUT2D eigenvalue weighted by atomic mass is 16.4. The van der Waals surface area contributed by atoms with E-state index in [9.17, 15) is 9.59 Å². The van der Waals surface area contributed by atoms with E-state index in [0.717, 1.165) is 5.56 Å². The summed E-state index contributed by atoms with van der Waals surface area (Å²) in [6.07, 6.45) is 3.91. The summed E-state index contributed by atoms with van der Waals surface area (Å²) in [5.74, 6) is -0.206. The van der Waals surface area contributed by atoms with Crippen molar-refractivity contribution in [2.24, 2.45) is 11.7 Å². The van der Waals surface area contributed by atoms with E-state index in [2.05, 4.69) is 4.98 Å². The van der Waals surface area contributed by atoms with Crippen molar-refractivity contribution in [1.82, 2.24) is 4.98 Å². The molecular formula is C14H12N2O3. The summed E-state index contributed by atoms with van der Waals surface area (Å²) in [6.45, 7) is 0. The molecule has 2 unspecified atom stereocenters. The van der Waals surface area contributed by atoms with Crippen molar-refractivity contribution in [2.45, 2.75) is 12.3 Å². The van der Waals surface area contributed by atoms with Crippen molar-refractivity contribution in [3.05, 3.63) is 52.6 Å². The second-order valence-corrected chi connectivity index (χ2v) is 4.64. The predicted octanol–water partition coefficient (Wildman–Crippen LogP) is 1.29. The number of nitrogens with zero attached hydrogens (tertiary/aromatic N) is 1. The Morgan fingerprint density at radius 1 is 1.37 bits per heavy atom. The first kappa shape index (κ1) is 11.6. The molecule has 0 radical (unpaired) electrons. The second kappa shape index (κ2) is 4.35. The molecule has 1 saturated carbocycles. The van der Waals surface area contributed by atoms with Crippen LogP contribution >= 0.6 is 0 Å². The SMILES string of the molecule is NC(=O)C1CC1c1ccc(-c2cccnc2)oc1=O. The maximum absolute atomic E-state index is 11.9. The van der Waals surface area contributed by atoms with E-state index in [1.165, 1.54) is 0 Å². The van der Waals surface area contributed by atoms with Crippen LogP contribution in [0.5, 0.6) is 0 Å². The van der Waals surface area contributed by atoms with Gasteiger partial charge in [0.25, 0.3) is 0 Å². The number of carbonyl (C=O) groups excluding carboxylic acids is 1. The van der Waals surface area contributed by atoms with Crippen molar-refractivity contribution in [3.63, 3.8) is 0 Å². The summed E-state index contributed by atoms with van der Waals surface area (Å²) in [4.78, 5) is 26.9. The van der Waals surface area contributed by atoms with E-state index in [-0.39, 0.29) is 17.7 Å². The van der Waals surface area contributed by atoms with Gasteiger partial charge in [-0.15, -0.1) is 0 Å². The van der Waals surface area contributed by atoms with Gasteiger partial charge in [0.15, 0.2) is 0 Å². The van der Waals surface area contributed by atoms with Crippen LogP contribution in [0.15, 0.2) is 45.9 Å². The molecule has 5 heteroatoms. The van der Waals surface area contributed by atoms with Gasteiger partial charge in [0.05, 0.1) is 0 Å². The zero-order valence-corrected chi connectivity index (χ0v) is 10.1. The minimum absolute atomic E-state index is 0.0864. The fourth-order valence-corrected chi connectivity index (χ4v) is 2.22. The molecule has 5 nitrogen and oxygen atoms in total. The molecule has 1 aliphatic carbocycles. The van der Waals surface area contributed by atoms with Gasteiger partial charge in [0, 0.05) is 35.4 Å². The van der Waals surface area contributed by atoms with Gasteiger partial charge in [-0.2, -0.15) is 0 Å². The number of amides is 1. The Morgan fingerprint density at radius 2 is 2.21 bits per heavy atom. The zero-order valence-electron chi connectivity index (χ0n) is 10.1. The van der Waals surface area contributed by atoms with Crippen LogP contribution < -0.4 is 11.4 Å². The number of aromatic nitrogens is 1. The minimum atomic E-state index is -0.407. The van der Waals surface area contributed by atoms with Gasteiger partial charge in [-0.1, -0.05) is 0 Å². The molecule has 2 aromatic heterocycles. The number of carbonyl (C=O) groups is 1. The maximum atomic E-state index is 11.9. The molecule has 2 atom stereocenters. The second-order valence-electron chi connectivity index (χ2n) is 4.64. The molecule has 0 aliphatic heterocycles. The highest BCUT2D eigenvalue weighted by Gasteiger charge is 2.44. The van der Waals surface area contributed by atoms with Crippen molar-refractivity contribution in [1.29, 1.82) is 0 Å². The van der Waals surface area contributed by atoms with Crippen LogP contribution in [0.25, 0.3) is 11.3 Å². The molecule has 19 heavy (non-hydrogen) atoms. The summed E-state index contributed by atoms with van der Waals surface area (Å²) < 4.78 is 5.28. The van der Waals surface area contributed by atoms with Crippen LogP contribution in [-0.2, 0) is 4.79 Å². The van der Waals surface area contributed by atoms with Gasteiger partial charge in [-0.05, 0) is 30.7 Å². The Hall–Kier alpha value is -2.43. The van der Waals surface area contributed by atoms with E-state index in [1.807, 2.05) is 6.07 Å². The number of hydrogen-bond acceptors (Lipinski definition) is 4. The third-order valence-electron chi connectivity index (χ3n) is 3.35. The number of pyridine rings is 1. The lowest BCUT2D eigenvalue weighted by atomic mass is 10.1. The monoisotopic (exact) mass is 256 g/mol. The molecule has 2 heterocycles. The number of nitrogens with two attached hydrogens (primary N) is 1. The first-order valence-electron chi connectivity index (χ1n) is 6.00. The van der Waals surface area contributed by atoms with Gasteiger partial charge in [0.2, 0.25) is 5.91 Å². The minimum Gasteiger partial charge on any atom is -0.422 e. The van der Waals surface area contributed by atoms with Gasteiger partial charge in [-0.25, -0.2) is 4.79 Å². The molecule has 2 N–H and O–H groups in total. The lowest BCUT2D eigenvalue weighted by Gasteiger charge is -2.01. The molecule has 0 bridgehead atoms. The van der Waals surface area contributed by atoms with Crippen LogP contribution in [-0.4, -0.2) is 10.9 Å². The van der Waals surface area contributed by atoms with Gasteiger partial charge < -0.3 is 10.2 Å². The molecule has 1 fully saturated rings. The molecule has 1 aliphatic rings. The van der Waals surface area contributed by atoms with E-state index >= 15 is 0 Å². The predicted molar refractivity (Wildman–Crippen MR) is 68.3 cm³/mol. The largest absolute Gasteiger partial charge is 0.422 e. The smallest absolute Gasteiger partial charge is 0.339 e. The Morgan fingerprint density at radius 3 is 2.79 bits per heavy atom. The Kier molecular flexibility index (Phi) is 2.67. The summed E-state index contributed by atoms with van der Waals surface area (Å²) in [5, 5.41) is 0. The Bertz CT molecular complexity index is 679. The Balaban J connectivity index is 1.92. The quantitative estimate of drug-likeness (QED) is 0.896. The van der Waals surface area contributed by atoms with Gasteiger partial charge in [-0.3, -0.25) is 9.78 Å². The van der Waals surface area contributed by atoms with Gasteiger partial charge >= 0.3 is 5.63 Å². The first-order chi connectivity index (χ1) is 9.16. The van der Waals surface area contributed by atoms with E-state index in [1.54, 1.807) is 30.6 Å². The highest BCUT2D eigenvalue weighted by Crippen LogP contribution is 2.46. The van der Waals surface area contributed by atoms with Crippen molar-refractivity contribution >= 4 is 5.91 Å². The highest BCUT2D eigenvalue weighted by molar-refractivity contribution is 5.81. The van der Waals surface area contributed by atoms with Gasteiger partial charge in [0.1, 0.15) is 5.76 Å². The topological polar surface area (TPSA) is 86.2 Å². The van der Waals surface area contributed by atoms with Crippen LogP contribution in [0.4, 0.5) is 0 Å². The fraction of sp³-hybridized carbons (Fsp3) is 0.214. The zero-order chi connectivity index (χ0) is 13.4. The average molecular weight is 256 g/mol. The van der Waals surface area contributed by atoms with Crippen molar-refractivity contribution < 1.29 is 9.21 Å². The summed E-state index contributed by atoms with van der Waals surface area (Å²) in [7, 11) is 0. The summed E-state index contributed by atoms with van der Waals surface area (Å²) >= 11 is 0. The summed E-state index contributed by atoms with van der Waals surface area (Å²) in [5.41, 5.74) is 6.08. The molecule has 2 aromatic rings. The molecule has 0 spiro atoms. The average Bonchev–Trinajstić information content (AvgIpc) is 3.20. The number of hydrogen-bond donors (Lipinski definition) is 1. The molecule has 96 valence electrons. The molecule has 1 amide bonds. The molecule has 3 rings (SSSR count). The van der Waals surface area contributed by atoms with E-state index < -0.39 is 5.63 Å². The number of rotatable bonds is 3. The van der Waals surface area contributed by atoms with Crippen LogP contribution in [0.1, 0.15) is 17.9 Å². The molecule has 0 saturated heterocycles. The number of primary amides is 1. The lowest BCUT2D eigenvalue weighted by Crippen LogP contribution is -2.15. The van der Waals surface area contributed by atoms with Crippen LogP contribution in [0, 0.1) is 5.92 Å². The van der Waals surface area contributed by atoms with Crippen molar-refractivity contribution in [3.8, 4) is 11.3 Å². The maximum Gasteiger partial charge on any atom is 0.339 e. The summed E-state index contributed by atoms with van der Waals surface area (Å²) in [6, 6.07) is 7.02. The van der Waals surface area contributed by atoms with Crippen molar-refractivity contribution in [2.75, 3.05) is 0 Å². The van der Waals surface area contributed by atoms with E-state index in [0.29, 0.717) is 17.7 Å². The van der Waals surface area contributed by atoms with E-state index in [4.69, 9.17) is 10.2 Å². The molecule has 0 aromatic carbocycles. The third-order valence-corrected chi connectivity index (χ3v) is 3.35. The Labute approximate surface area is 109 Å². The lowest BCUT2D eigenvalue weighted by molar-refractivity contribution is -0.119. The van der Waals surface area contributed by atoms with Crippen LogP contribution in [0.3, 0.4) is 0 Å². The normalized spacial score (nSPS) is 21.1. The first-order valence-corrected chi connectivity index (χ1v) is 6.00. The third kappa shape index (κ3) is 2.14. The standard InChI is InChI=1S/C14H12N2O3/c15-13(17)11-6-10(11)9-3-4-12(19-14(9)18)8-2-1-5-16-7-8/h1-5,7,10-11H,6H2,(H2,15,17). The van der Waals surface area contributed by atoms with Crippen LogP contribution in [0.2, 0.25) is 0 Å².